The molecule has 170 valence electrons. The van der Waals surface area contributed by atoms with Crippen LogP contribution in [0.15, 0.2) is 47.7 Å². The lowest BCUT2D eigenvalue weighted by Gasteiger charge is -2.26. The van der Waals surface area contributed by atoms with Gasteiger partial charge in [-0.15, -0.1) is 0 Å². The summed E-state index contributed by atoms with van der Waals surface area (Å²) >= 11 is 0. The Morgan fingerprint density at radius 2 is 2.03 bits per heavy atom. The molecular weight excluding hydrogens is 418 g/mol. The van der Waals surface area contributed by atoms with Crippen LogP contribution in [0, 0.1) is 0 Å². The van der Waals surface area contributed by atoms with Crippen LogP contribution in [0.1, 0.15) is 38.5 Å². The number of ether oxygens (including phenoxy) is 1. The third kappa shape index (κ3) is 3.69. The van der Waals surface area contributed by atoms with Gasteiger partial charge in [-0.05, 0) is 56.7 Å². The molecule has 4 aromatic heterocycles. The van der Waals surface area contributed by atoms with E-state index >= 15 is 0 Å². The number of H-pyrrole nitrogens is 1. The zero-order valence-corrected chi connectivity index (χ0v) is 18.4. The molecule has 33 heavy (non-hydrogen) atoms. The van der Waals surface area contributed by atoms with E-state index in [1.54, 1.807) is 9.13 Å². The smallest absolute Gasteiger partial charge is 0.334 e. The summed E-state index contributed by atoms with van der Waals surface area (Å²) in [5, 5.41) is 10.8. The fraction of sp³-hybridized carbons (Fsp3) is 0.400. The average Bonchev–Trinajstić information content (AvgIpc) is 3.42. The van der Waals surface area contributed by atoms with Crippen molar-refractivity contribution in [2.45, 2.75) is 57.3 Å². The van der Waals surface area contributed by atoms with Gasteiger partial charge in [0.1, 0.15) is 5.65 Å². The van der Waals surface area contributed by atoms with Gasteiger partial charge in [0, 0.05) is 40.8 Å². The maximum absolute atomic E-state index is 13.6. The highest BCUT2D eigenvalue weighted by Crippen LogP contribution is 2.28. The van der Waals surface area contributed by atoms with Crippen molar-refractivity contribution >= 4 is 27.9 Å². The van der Waals surface area contributed by atoms with Gasteiger partial charge in [-0.2, -0.15) is 0 Å². The first-order valence-electron chi connectivity index (χ1n) is 11.7. The third-order valence-corrected chi connectivity index (χ3v) is 6.79. The largest absolute Gasteiger partial charge is 0.391 e. The first-order chi connectivity index (χ1) is 16.2. The molecule has 0 spiro atoms. The summed E-state index contributed by atoms with van der Waals surface area (Å²) in [6.45, 7) is 0.762. The number of imidazole rings is 1. The van der Waals surface area contributed by atoms with Crippen molar-refractivity contribution in [1.82, 2.24) is 24.1 Å². The summed E-state index contributed by atoms with van der Waals surface area (Å²) in [6, 6.07) is 6.11. The number of rotatable bonds is 4. The number of hydrogen-bond donors (Lipinski definition) is 2. The lowest BCUT2D eigenvalue weighted by molar-refractivity contribution is -0.0609. The zero-order chi connectivity index (χ0) is 22.4. The van der Waals surface area contributed by atoms with Crippen LogP contribution in [0.25, 0.3) is 39.0 Å². The van der Waals surface area contributed by atoms with E-state index in [1.807, 2.05) is 30.7 Å². The highest BCUT2D eigenvalue weighted by molar-refractivity contribution is 5.85. The number of aliphatic hydroxyl groups excluding tert-OH is 1. The molecule has 8 heteroatoms. The second kappa shape index (κ2) is 8.28. The highest BCUT2D eigenvalue weighted by Gasteiger charge is 2.25. The molecule has 6 rings (SSSR count). The number of aromatic amines is 1. The van der Waals surface area contributed by atoms with Crippen molar-refractivity contribution in [3.8, 4) is 11.1 Å². The van der Waals surface area contributed by atoms with Gasteiger partial charge in [-0.1, -0.05) is 6.08 Å². The lowest BCUT2D eigenvalue weighted by Crippen LogP contribution is -2.35. The van der Waals surface area contributed by atoms with E-state index in [0.717, 1.165) is 65.5 Å². The first kappa shape index (κ1) is 20.4. The molecule has 4 aromatic rings. The average molecular weight is 446 g/mol. The number of allylic oxidation sites excluding steroid dienone is 2. The van der Waals surface area contributed by atoms with E-state index in [1.165, 1.54) is 0 Å². The molecule has 2 N–H and O–H groups in total. The molecule has 0 aromatic carbocycles. The number of fused-ring (bicyclic) bond motifs is 2. The number of aliphatic hydroxyl groups is 1. The normalized spacial score (nSPS) is 21.5. The summed E-state index contributed by atoms with van der Waals surface area (Å²) in [5.74, 6) is 0. The van der Waals surface area contributed by atoms with Gasteiger partial charge in [-0.3, -0.25) is 4.57 Å². The third-order valence-electron chi connectivity index (χ3n) is 6.79. The quantitative estimate of drug-likeness (QED) is 0.499. The number of nitrogens with one attached hydrogen (secondary N) is 1. The predicted molar refractivity (Wildman–Crippen MR) is 127 cm³/mol. The molecule has 1 fully saturated rings. The SMILES string of the molecule is O=c1n(C[C@H]2CC[C@H](O)CO2)c2cc(-c3cnc4[nH]ccc4c3)cnc2n1C1=CCCCC1. The fourth-order valence-corrected chi connectivity index (χ4v) is 4.99. The Morgan fingerprint density at radius 3 is 2.85 bits per heavy atom. The van der Waals surface area contributed by atoms with Crippen molar-refractivity contribution in [2.75, 3.05) is 6.61 Å². The van der Waals surface area contributed by atoms with Crippen molar-refractivity contribution < 1.29 is 9.84 Å². The van der Waals surface area contributed by atoms with Crippen molar-refractivity contribution in [3.63, 3.8) is 0 Å². The molecule has 0 saturated carbocycles. The van der Waals surface area contributed by atoms with Crippen LogP contribution in [-0.2, 0) is 11.3 Å². The van der Waals surface area contributed by atoms with E-state index < -0.39 is 6.10 Å². The Morgan fingerprint density at radius 1 is 1.15 bits per heavy atom. The van der Waals surface area contributed by atoms with E-state index in [0.29, 0.717) is 25.2 Å². The molecule has 0 unspecified atom stereocenters. The van der Waals surface area contributed by atoms with Crippen LogP contribution in [0.4, 0.5) is 0 Å². The fourth-order valence-electron chi connectivity index (χ4n) is 4.99. The number of hydrogen-bond acceptors (Lipinski definition) is 5. The van der Waals surface area contributed by atoms with E-state index in [4.69, 9.17) is 9.72 Å². The number of aromatic nitrogens is 5. The van der Waals surface area contributed by atoms with Crippen LogP contribution in [0.3, 0.4) is 0 Å². The minimum absolute atomic E-state index is 0.0725. The summed E-state index contributed by atoms with van der Waals surface area (Å²) in [4.78, 5) is 26.0. The maximum Gasteiger partial charge on any atom is 0.334 e. The molecule has 1 aliphatic carbocycles. The van der Waals surface area contributed by atoms with E-state index in [9.17, 15) is 9.90 Å². The lowest BCUT2D eigenvalue weighted by atomic mass is 10.0. The molecule has 2 aliphatic rings. The van der Waals surface area contributed by atoms with Crippen molar-refractivity contribution in [3.05, 3.63) is 53.3 Å². The molecule has 1 aliphatic heterocycles. The summed E-state index contributed by atoms with van der Waals surface area (Å²) in [7, 11) is 0. The Kier molecular flexibility index (Phi) is 5.11. The minimum Gasteiger partial charge on any atom is -0.391 e. The van der Waals surface area contributed by atoms with Crippen LogP contribution in [0.5, 0.6) is 0 Å². The van der Waals surface area contributed by atoms with Gasteiger partial charge in [0.25, 0.3) is 0 Å². The van der Waals surface area contributed by atoms with Gasteiger partial charge in [0.2, 0.25) is 0 Å². The molecule has 0 radical (unpaired) electrons. The second-order valence-corrected chi connectivity index (χ2v) is 9.06. The van der Waals surface area contributed by atoms with Crippen LogP contribution < -0.4 is 5.69 Å². The van der Waals surface area contributed by atoms with Gasteiger partial charge in [0.05, 0.1) is 30.9 Å². The van der Waals surface area contributed by atoms with Gasteiger partial charge in [0.15, 0.2) is 5.65 Å². The number of pyridine rings is 2. The molecule has 1 saturated heterocycles. The van der Waals surface area contributed by atoms with Crippen molar-refractivity contribution in [2.24, 2.45) is 0 Å². The Labute approximate surface area is 190 Å². The number of nitrogens with zero attached hydrogens (tertiary/aromatic N) is 4. The topological polar surface area (TPSA) is 98.0 Å². The van der Waals surface area contributed by atoms with Gasteiger partial charge >= 0.3 is 5.69 Å². The highest BCUT2D eigenvalue weighted by atomic mass is 16.5. The Hall–Kier alpha value is -3.23. The first-order valence-corrected chi connectivity index (χ1v) is 11.7. The molecule has 2 atom stereocenters. The molecule has 0 bridgehead atoms. The van der Waals surface area contributed by atoms with Crippen LogP contribution in [-0.4, -0.2) is 48.0 Å². The van der Waals surface area contributed by atoms with Gasteiger partial charge < -0.3 is 14.8 Å². The minimum atomic E-state index is -0.421. The summed E-state index contributed by atoms with van der Waals surface area (Å²) < 4.78 is 9.42. The second-order valence-electron chi connectivity index (χ2n) is 9.06. The Bertz CT molecular complexity index is 1400. The summed E-state index contributed by atoms with van der Waals surface area (Å²) in [5.41, 5.74) is 5.16. The van der Waals surface area contributed by atoms with Crippen LogP contribution >= 0.6 is 0 Å². The molecule has 5 heterocycles. The summed E-state index contributed by atoms with van der Waals surface area (Å²) in [6.07, 6.45) is 12.7. The van der Waals surface area contributed by atoms with E-state index in [2.05, 4.69) is 22.1 Å². The molecule has 0 amide bonds. The molecule has 8 nitrogen and oxygen atoms in total. The monoisotopic (exact) mass is 445 g/mol. The van der Waals surface area contributed by atoms with E-state index in [-0.39, 0.29) is 11.8 Å². The molecular formula is C25H27N5O3. The maximum atomic E-state index is 13.6. The Balaban J connectivity index is 1.48. The standard InChI is InChI=1S/C25H27N5O3/c31-20-6-7-21(33-15-20)14-29-22-11-18(17-10-16-8-9-26-23(16)27-12-17)13-28-24(22)30(25(29)32)19-4-2-1-3-5-19/h4,8-13,20-21,31H,1-3,5-7,14-15H2,(H,26,27)/t20-,21+/m0/s1. The van der Waals surface area contributed by atoms with Crippen molar-refractivity contribution in [1.29, 1.82) is 0 Å². The van der Waals surface area contributed by atoms with Crippen LogP contribution in [0.2, 0.25) is 0 Å². The predicted octanol–water partition coefficient (Wildman–Crippen LogP) is 3.70. The zero-order valence-electron chi connectivity index (χ0n) is 18.4. The van der Waals surface area contributed by atoms with Gasteiger partial charge in [-0.25, -0.2) is 19.3 Å².